The van der Waals surface area contributed by atoms with Crippen molar-refractivity contribution >= 4 is 11.9 Å². The molecule has 5 fully saturated rings. The third kappa shape index (κ3) is 3.84. The van der Waals surface area contributed by atoms with Crippen LogP contribution in [-0.2, 0) is 14.3 Å². The van der Waals surface area contributed by atoms with Crippen LogP contribution in [0.5, 0.6) is 0 Å². The second-order valence-electron chi connectivity index (χ2n) is 13.3. The minimum atomic E-state index is -0.506. The van der Waals surface area contributed by atoms with Gasteiger partial charge in [-0.05, 0) is 111 Å². The van der Waals surface area contributed by atoms with E-state index in [1.807, 2.05) is 0 Å². The second kappa shape index (κ2) is 9.43. The summed E-state index contributed by atoms with van der Waals surface area (Å²) in [6.45, 7) is 13.3. The van der Waals surface area contributed by atoms with Crippen LogP contribution in [0.15, 0.2) is 0 Å². The maximum atomic E-state index is 12.3. The standard InChI is InChI=1S/C27H42O4.C3H8/c1-16-19-9-13-26(4)20-10-15-27(24(29)30)12-5-6-21(27)18(20)7-8-23(26)25(19,3)14-11-22(16)31-17(2)28;1-3-2/h16,18-23H,5-15H2,1-4H3,(H,29,30);3H2,1-2H3. The Balaban J connectivity index is 0.000000868. The highest BCUT2D eigenvalue weighted by Crippen LogP contribution is 2.71. The van der Waals surface area contributed by atoms with E-state index in [2.05, 4.69) is 34.6 Å². The van der Waals surface area contributed by atoms with Crippen molar-refractivity contribution in [1.82, 2.24) is 0 Å². The highest BCUT2D eigenvalue weighted by Gasteiger charge is 2.66. The first kappa shape index (κ1) is 26.0. The molecule has 10 atom stereocenters. The van der Waals surface area contributed by atoms with Gasteiger partial charge in [0, 0.05) is 6.92 Å². The van der Waals surface area contributed by atoms with E-state index in [4.69, 9.17) is 4.74 Å². The highest BCUT2D eigenvalue weighted by atomic mass is 16.5. The lowest BCUT2D eigenvalue weighted by atomic mass is 9.37. The number of fused-ring (bicyclic) bond motifs is 7. The number of rotatable bonds is 2. The van der Waals surface area contributed by atoms with Gasteiger partial charge in [0.1, 0.15) is 6.10 Å². The molecule has 10 unspecified atom stereocenters. The summed E-state index contributed by atoms with van der Waals surface area (Å²) in [6, 6.07) is 0. The van der Waals surface area contributed by atoms with Gasteiger partial charge >= 0.3 is 11.9 Å². The first-order chi connectivity index (χ1) is 16.0. The molecule has 5 saturated carbocycles. The molecule has 0 radical (unpaired) electrons. The predicted molar refractivity (Wildman–Crippen MR) is 135 cm³/mol. The average molecular weight is 475 g/mol. The van der Waals surface area contributed by atoms with E-state index >= 15 is 0 Å². The fraction of sp³-hybridized carbons (Fsp3) is 0.933. The van der Waals surface area contributed by atoms with Crippen molar-refractivity contribution in [3.63, 3.8) is 0 Å². The van der Waals surface area contributed by atoms with Crippen molar-refractivity contribution in [1.29, 1.82) is 0 Å². The van der Waals surface area contributed by atoms with Crippen LogP contribution in [0.2, 0.25) is 0 Å². The topological polar surface area (TPSA) is 63.6 Å². The third-order valence-corrected chi connectivity index (χ3v) is 11.8. The van der Waals surface area contributed by atoms with Gasteiger partial charge in [-0.2, -0.15) is 0 Å². The van der Waals surface area contributed by atoms with Crippen molar-refractivity contribution < 1.29 is 19.4 Å². The molecule has 1 N–H and O–H groups in total. The Morgan fingerprint density at radius 2 is 1.47 bits per heavy atom. The summed E-state index contributed by atoms with van der Waals surface area (Å²) in [6.07, 6.45) is 13.7. The van der Waals surface area contributed by atoms with Crippen LogP contribution >= 0.6 is 0 Å². The Morgan fingerprint density at radius 3 is 2.12 bits per heavy atom. The van der Waals surface area contributed by atoms with Gasteiger partial charge in [-0.15, -0.1) is 0 Å². The number of carbonyl (C=O) groups excluding carboxylic acids is 1. The summed E-state index contributed by atoms with van der Waals surface area (Å²) in [5.41, 5.74) is 0.253. The minimum Gasteiger partial charge on any atom is -0.481 e. The van der Waals surface area contributed by atoms with Gasteiger partial charge in [-0.3, -0.25) is 9.59 Å². The molecule has 0 aromatic heterocycles. The van der Waals surface area contributed by atoms with Crippen molar-refractivity contribution in [3.8, 4) is 0 Å². The number of carbonyl (C=O) groups is 2. The highest BCUT2D eigenvalue weighted by molar-refractivity contribution is 5.75. The minimum absolute atomic E-state index is 0.0839. The van der Waals surface area contributed by atoms with Crippen LogP contribution in [0, 0.1) is 51.8 Å². The maximum absolute atomic E-state index is 12.3. The largest absolute Gasteiger partial charge is 0.481 e. The van der Waals surface area contributed by atoms with Crippen molar-refractivity contribution in [2.45, 2.75) is 125 Å². The van der Waals surface area contributed by atoms with E-state index in [0.29, 0.717) is 40.4 Å². The number of carboxylic acids is 1. The molecule has 0 saturated heterocycles. The molecular weight excluding hydrogens is 424 g/mol. The number of hydrogen-bond acceptors (Lipinski definition) is 3. The molecule has 4 nitrogen and oxygen atoms in total. The summed E-state index contributed by atoms with van der Waals surface area (Å²) < 4.78 is 5.73. The normalized spacial score (nSPS) is 49.3. The Kier molecular flexibility index (Phi) is 7.22. The quantitative estimate of drug-likeness (QED) is 0.421. The summed E-state index contributed by atoms with van der Waals surface area (Å²) in [5.74, 6) is 2.87. The fourth-order valence-electron chi connectivity index (χ4n) is 10.6. The zero-order valence-electron chi connectivity index (χ0n) is 22.7. The first-order valence-corrected chi connectivity index (χ1v) is 14.5. The molecule has 34 heavy (non-hydrogen) atoms. The van der Waals surface area contributed by atoms with Crippen LogP contribution in [0.4, 0.5) is 0 Å². The van der Waals surface area contributed by atoms with Crippen LogP contribution in [0.1, 0.15) is 119 Å². The van der Waals surface area contributed by atoms with Crippen LogP contribution in [-0.4, -0.2) is 23.1 Å². The second-order valence-corrected chi connectivity index (χ2v) is 13.3. The molecule has 0 aromatic carbocycles. The fourth-order valence-corrected chi connectivity index (χ4v) is 10.6. The molecule has 0 spiro atoms. The molecule has 0 aromatic rings. The van der Waals surface area contributed by atoms with Crippen LogP contribution in [0.25, 0.3) is 0 Å². The van der Waals surface area contributed by atoms with Crippen molar-refractivity contribution in [3.05, 3.63) is 0 Å². The summed E-state index contributed by atoms with van der Waals surface area (Å²) in [5, 5.41) is 10.2. The summed E-state index contributed by atoms with van der Waals surface area (Å²) in [4.78, 5) is 24.0. The summed E-state index contributed by atoms with van der Waals surface area (Å²) in [7, 11) is 0. The van der Waals surface area contributed by atoms with Gasteiger partial charge in [0.05, 0.1) is 5.41 Å². The monoisotopic (exact) mass is 474 g/mol. The lowest BCUT2D eigenvalue weighted by molar-refractivity contribution is -0.204. The van der Waals surface area contributed by atoms with E-state index in [-0.39, 0.29) is 12.1 Å². The lowest BCUT2D eigenvalue weighted by Gasteiger charge is -2.67. The van der Waals surface area contributed by atoms with E-state index in [1.54, 1.807) is 6.92 Å². The molecule has 194 valence electrons. The molecule has 0 heterocycles. The number of carboxylic acid groups (broad SMARTS) is 1. The lowest BCUT2D eigenvalue weighted by Crippen LogP contribution is -2.61. The third-order valence-electron chi connectivity index (χ3n) is 11.8. The zero-order valence-corrected chi connectivity index (χ0v) is 22.7. The van der Waals surface area contributed by atoms with Crippen LogP contribution in [0.3, 0.4) is 0 Å². The van der Waals surface area contributed by atoms with Crippen molar-refractivity contribution in [2.75, 3.05) is 0 Å². The Labute approximate surface area is 208 Å². The van der Waals surface area contributed by atoms with E-state index < -0.39 is 11.4 Å². The number of ether oxygens (including phenoxy) is 1. The van der Waals surface area contributed by atoms with Crippen molar-refractivity contribution in [2.24, 2.45) is 51.8 Å². The first-order valence-electron chi connectivity index (χ1n) is 14.5. The molecule has 5 rings (SSSR count). The molecular formula is C30H50O4. The van der Waals surface area contributed by atoms with E-state index in [9.17, 15) is 14.7 Å². The van der Waals surface area contributed by atoms with Gasteiger partial charge < -0.3 is 9.84 Å². The van der Waals surface area contributed by atoms with E-state index in [0.717, 1.165) is 44.4 Å². The smallest absolute Gasteiger partial charge is 0.309 e. The maximum Gasteiger partial charge on any atom is 0.309 e. The predicted octanol–water partition coefficient (Wildman–Crippen LogP) is 7.49. The van der Waals surface area contributed by atoms with Gasteiger partial charge in [-0.25, -0.2) is 0 Å². The van der Waals surface area contributed by atoms with Gasteiger partial charge in [0.15, 0.2) is 0 Å². The van der Waals surface area contributed by atoms with Gasteiger partial charge in [0.2, 0.25) is 0 Å². The van der Waals surface area contributed by atoms with Crippen LogP contribution < -0.4 is 0 Å². The Morgan fingerprint density at radius 1 is 0.853 bits per heavy atom. The number of hydrogen-bond donors (Lipinski definition) is 1. The van der Waals surface area contributed by atoms with E-state index in [1.165, 1.54) is 38.5 Å². The molecule has 5 aliphatic rings. The number of esters is 1. The van der Waals surface area contributed by atoms with Gasteiger partial charge in [-0.1, -0.05) is 47.5 Å². The molecule has 0 bridgehead atoms. The Bertz CT molecular complexity index is 778. The van der Waals surface area contributed by atoms with Gasteiger partial charge in [0.25, 0.3) is 0 Å². The average Bonchev–Trinajstić information content (AvgIpc) is 3.22. The summed E-state index contributed by atoms with van der Waals surface area (Å²) >= 11 is 0. The zero-order chi connectivity index (χ0) is 24.9. The molecule has 4 heteroatoms. The SMILES string of the molecule is CC(=O)OC1CCC2(C)C(CCC3(C)C4CCC5(C(=O)O)CCCC5C4CCC23)C1C.CCC. The molecule has 5 aliphatic carbocycles. The molecule has 0 aliphatic heterocycles. The number of aliphatic carboxylic acids is 1. The Hall–Kier alpha value is -1.06. The molecule has 0 amide bonds.